The third-order valence-electron chi connectivity index (χ3n) is 3.22. The smallest absolute Gasteiger partial charge is 0.172 e. The van der Waals surface area contributed by atoms with Crippen LogP contribution in [-0.4, -0.2) is 17.0 Å². The first kappa shape index (κ1) is 14.0. The number of hydrogen-bond acceptors (Lipinski definition) is 4. The minimum atomic E-state index is 0.695. The van der Waals surface area contributed by atoms with E-state index < -0.39 is 0 Å². The highest BCUT2D eigenvalue weighted by Crippen LogP contribution is 2.33. The number of anilines is 1. The van der Waals surface area contributed by atoms with Crippen LogP contribution in [0.1, 0.15) is 5.56 Å². The van der Waals surface area contributed by atoms with Crippen molar-refractivity contribution >= 4 is 28.8 Å². The summed E-state index contributed by atoms with van der Waals surface area (Å²) in [6.07, 6.45) is 0. The number of aromatic nitrogens is 2. The third kappa shape index (κ3) is 2.77. The van der Waals surface area contributed by atoms with Crippen LogP contribution in [0.5, 0.6) is 0 Å². The summed E-state index contributed by atoms with van der Waals surface area (Å²) in [5.74, 6) is 1.53. The first-order chi connectivity index (χ1) is 10.2. The molecule has 5 heteroatoms. The Labute approximate surface area is 132 Å². The molecule has 2 heterocycles. The average molecular weight is 316 g/mol. The van der Waals surface area contributed by atoms with Gasteiger partial charge in [0.2, 0.25) is 0 Å². The topological polar surface area (TPSA) is 37.8 Å². The maximum Gasteiger partial charge on any atom is 0.172 e. The van der Waals surface area contributed by atoms with Crippen molar-refractivity contribution in [1.82, 2.24) is 9.97 Å². The molecule has 0 fully saturated rings. The lowest BCUT2D eigenvalue weighted by molar-refractivity contribution is 1.14. The van der Waals surface area contributed by atoms with E-state index in [2.05, 4.69) is 22.4 Å². The minimum Gasteiger partial charge on any atom is -0.373 e. The molecular weight excluding hydrogens is 302 g/mol. The number of nitrogens with zero attached hydrogens (tertiary/aromatic N) is 2. The molecule has 0 spiro atoms. The molecule has 0 radical (unpaired) electrons. The summed E-state index contributed by atoms with van der Waals surface area (Å²) in [5.41, 5.74) is 3.06. The van der Waals surface area contributed by atoms with Crippen LogP contribution in [-0.2, 0) is 0 Å². The largest absolute Gasteiger partial charge is 0.373 e. The summed E-state index contributed by atoms with van der Waals surface area (Å²) in [4.78, 5) is 10.3. The van der Waals surface area contributed by atoms with Crippen LogP contribution in [0.2, 0.25) is 4.34 Å². The predicted octanol–water partition coefficient (Wildman–Crippen LogP) is 4.88. The SMILES string of the molecule is CNc1nc(-c2ccc(Cl)s2)nc(-c2ccccc2)c1C. The van der Waals surface area contributed by atoms with E-state index in [0.717, 1.165) is 31.9 Å². The van der Waals surface area contributed by atoms with Gasteiger partial charge in [0.1, 0.15) is 5.82 Å². The van der Waals surface area contributed by atoms with Crippen LogP contribution in [0.4, 0.5) is 5.82 Å². The first-order valence-corrected chi connectivity index (χ1v) is 7.76. The van der Waals surface area contributed by atoms with Crippen molar-refractivity contribution in [3.8, 4) is 22.0 Å². The first-order valence-electron chi connectivity index (χ1n) is 6.56. The third-order valence-corrected chi connectivity index (χ3v) is 4.45. The van der Waals surface area contributed by atoms with E-state index in [4.69, 9.17) is 16.6 Å². The van der Waals surface area contributed by atoms with Crippen LogP contribution in [0.25, 0.3) is 22.0 Å². The number of hydrogen-bond donors (Lipinski definition) is 1. The van der Waals surface area contributed by atoms with Crippen molar-refractivity contribution in [1.29, 1.82) is 0 Å². The van der Waals surface area contributed by atoms with Crippen LogP contribution in [0, 0.1) is 6.92 Å². The second-order valence-electron chi connectivity index (χ2n) is 4.59. The molecule has 0 bridgehead atoms. The Kier molecular flexibility index (Phi) is 3.90. The van der Waals surface area contributed by atoms with E-state index in [9.17, 15) is 0 Å². The van der Waals surface area contributed by atoms with Gasteiger partial charge in [0.15, 0.2) is 5.82 Å². The fourth-order valence-corrected chi connectivity index (χ4v) is 3.16. The molecule has 0 aliphatic heterocycles. The van der Waals surface area contributed by atoms with Crippen molar-refractivity contribution in [2.45, 2.75) is 6.92 Å². The summed E-state index contributed by atoms with van der Waals surface area (Å²) in [5, 5.41) is 3.14. The molecule has 2 aromatic heterocycles. The number of benzene rings is 1. The standard InChI is InChI=1S/C16H14ClN3S/c1-10-14(11-6-4-3-5-7-11)19-16(20-15(10)18-2)12-8-9-13(17)21-12/h3-9H,1-2H3,(H,18,19,20). The van der Waals surface area contributed by atoms with E-state index in [1.54, 1.807) is 0 Å². The van der Waals surface area contributed by atoms with Gasteiger partial charge in [0, 0.05) is 18.2 Å². The van der Waals surface area contributed by atoms with E-state index in [0.29, 0.717) is 5.82 Å². The summed E-state index contributed by atoms with van der Waals surface area (Å²) in [6, 6.07) is 14.0. The molecule has 3 nitrogen and oxygen atoms in total. The fraction of sp³-hybridized carbons (Fsp3) is 0.125. The van der Waals surface area contributed by atoms with E-state index in [-0.39, 0.29) is 0 Å². The average Bonchev–Trinajstić information content (AvgIpc) is 2.95. The molecule has 3 aromatic rings. The molecule has 0 saturated carbocycles. The molecule has 21 heavy (non-hydrogen) atoms. The Bertz CT molecular complexity index is 768. The number of halogens is 1. The highest BCUT2D eigenvalue weighted by atomic mass is 35.5. The van der Waals surface area contributed by atoms with Crippen molar-refractivity contribution in [3.05, 3.63) is 52.4 Å². The molecule has 0 aliphatic rings. The lowest BCUT2D eigenvalue weighted by atomic mass is 10.1. The minimum absolute atomic E-state index is 0.695. The van der Waals surface area contributed by atoms with Gasteiger partial charge in [-0.1, -0.05) is 41.9 Å². The second kappa shape index (κ2) is 5.84. The monoisotopic (exact) mass is 315 g/mol. The van der Waals surface area contributed by atoms with Crippen molar-refractivity contribution < 1.29 is 0 Å². The lowest BCUT2D eigenvalue weighted by Gasteiger charge is -2.11. The van der Waals surface area contributed by atoms with Gasteiger partial charge in [0.25, 0.3) is 0 Å². The summed E-state index contributed by atoms with van der Waals surface area (Å²) in [7, 11) is 1.87. The van der Waals surface area contributed by atoms with Crippen molar-refractivity contribution in [2.24, 2.45) is 0 Å². The number of rotatable bonds is 3. The van der Waals surface area contributed by atoms with Gasteiger partial charge >= 0.3 is 0 Å². The van der Waals surface area contributed by atoms with Gasteiger partial charge in [-0.15, -0.1) is 11.3 Å². The normalized spacial score (nSPS) is 10.6. The molecular formula is C16H14ClN3S. The molecule has 1 N–H and O–H groups in total. The zero-order valence-corrected chi connectivity index (χ0v) is 13.3. The van der Waals surface area contributed by atoms with E-state index in [1.807, 2.05) is 44.3 Å². The second-order valence-corrected chi connectivity index (χ2v) is 6.30. The summed E-state index contributed by atoms with van der Waals surface area (Å²) >= 11 is 7.50. The maximum atomic E-state index is 6.02. The van der Waals surface area contributed by atoms with Crippen LogP contribution in [0.15, 0.2) is 42.5 Å². The lowest BCUT2D eigenvalue weighted by Crippen LogP contribution is -2.02. The van der Waals surface area contributed by atoms with Crippen LogP contribution < -0.4 is 5.32 Å². The predicted molar refractivity (Wildman–Crippen MR) is 90.1 cm³/mol. The van der Waals surface area contributed by atoms with Gasteiger partial charge in [-0.2, -0.15) is 0 Å². The Morgan fingerprint density at radius 3 is 2.43 bits per heavy atom. The van der Waals surface area contributed by atoms with Gasteiger partial charge in [0.05, 0.1) is 14.9 Å². The van der Waals surface area contributed by atoms with Crippen LogP contribution >= 0.6 is 22.9 Å². The Hall–Kier alpha value is -1.91. The summed E-state index contributed by atoms with van der Waals surface area (Å²) < 4.78 is 0.737. The zero-order valence-electron chi connectivity index (χ0n) is 11.7. The Morgan fingerprint density at radius 1 is 1.05 bits per heavy atom. The molecule has 0 unspecified atom stereocenters. The number of thiophene rings is 1. The molecule has 0 aliphatic carbocycles. The van der Waals surface area contributed by atoms with Crippen molar-refractivity contribution in [2.75, 3.05) is 12.4 Å². The highest BCUT2D eigenvalue weighted by molar-refractivity contribution is 7.19. The molecule has 0 saturated heterocycles. The van der Waals surface area contributed by atoms with Gasteiger partial charge in [-0.25, -0.2) is 9.97 Å². The molecule has 3 rings (SSSR count). The van der Waals surface area contributed by atoms with Gasteiger partial charge in [-0.05, 0) is 19.1 Å². The Balaban J connectivity index is 2.20. The van der Waals surface area contributed by atoms with E-state index in [1.165, 1.54) is 11.3 Å². The Morgan fingerprint density at radius 2 is 1.81 bits per heavy atom. The van der Waals surface area contributed by atoms with Crippen LogP contribution in [0.3, 0.4) is 0 Å². The molecule has 0 amide bonds. The summed E-state index contributed by atoms with van der Waals surface area (Å²) in [6.45, 7) is 2.03. The van der Waals surface area contributed by atoms with E-state index >= 15 is 0 Å². The van der Waals surface area contributed by atoms with Gasteiger partial charge < -0.3 is 5.32 Å². The quantitative estimate of drug-likeness (QED) is 0.749. The highest BCUT2D eigenvalue weighted by Gasteiger charge is 2.14. The molecule has 1 aromatic carbocycles. The number of nitrogens with one attached hydrogen (secondary N) is 1. The maximum absolute atomic E-state index is 6.02. The fourth-order valence-electron chi connectivity index (χ4n) is 2.18. The van der Waals surface area contributed by atoms with Gasteiger partial charge in [-0.3, -0.25) is 0 Å². The zero-order chi connectivity index (χ0) is 14.8. The molecule has 0 atom stereocenters. The van der Waals surface area contributed by atoms with Crippen molar-refractivity contribution in [3.63, 3.8) is 0 Å². The molecule has 106 valence electrons.